The molecule has 19 heavy (non-hydrogen) atoms. The van der Waals surface area contributed by atoms with Crippen molar-refractivity contribution in [3.05, 3.63) is 18.2 Å². The maximum atomic E-state index is 12.8. The van der Waals surface area contributed by atoms with Crippen LogP contribution in [0.5, 0.6) is 0 Å². The molecule has 1 fully saturated rings. The van der Waals surface area contributed by atoms with Crippen LogP contribution in [0.2, 0.25) is 0 Å². The van der Waals surface area contributed by atoms with Crippen LogP contribution in [-0.4, -0.2) is 40.1 Å². The first-order valence-electron chi connectivity index (χ1n) is 6.96. The van der Waals surface area contributed by atoms with E-state index in [-0.39, 0.29) is 0 Å². The van der Waals surface area contributed by atoms with Gasteiger partial charge in [-0.1, -0.05) is 13.3 Å². The highest BCUT2D eigenvalue weighted by Crippen LogP contribution is 2.15. The zero-order valence-electron chi connectivity index (χ0n) is 11.4. The van der Waals surface area contributed by atoms with Gasteiger partial charge in [0.05, 0.1) is 6.54 Å². The summed E-state index contributed by atoms with van der Waals surface area (Å²) in [5.74, 6) is 0.438. The summed E-state index contributed by atoms with van der Waals surface area (Å²) in [4.78, 5) is 6.21. The highest BCUT2D eigenvalue weighted by Gasteiger charge is 2.18. The fraction of sp³-hybridized carbons (Fsp3) is 0.769. The zero-order chi connectivity index (χ0) is 13.7. The molecule has 0 aromatic carbocycles. The zero-order valence-corrected chi connectivity index (χ0v) is 11.4. The number of halogens is 2. The maximum Gasteiger partial charge on any atom is 0.319 e. The lowest BCUT2D eigenvalue weighted by Crippen LogP contribution is -2.43. The van der Waals surface area contributed by atoms with E-state index in [9.17, 15) is 8.78 Å². The average molecular weight is 272 g/mol. The van der Waals surface area contributed by atoms with Crippen molar-refractivity contribution in [1.82, 2.24) is 19.8 Å². The number of nitrogens with one attached hydrogen (secondary N) is 1. The summed E-state index contributed by atoms with van der Waals surface area (Å²) >= 11 is 0. The van der Waals surface area contributed by atoms with Crippen molar-refractivity contribution in [2.45, 2.75) is 45.3 Å². The molecule has 1 aliphatic rings. The standard InChI is InChI=1S/C13H22F2N4/c1-2-18(9-11-5-3-4-6-16-11)10-12-17-7-8-19(12)13(14)15/h7-8,11,13,16H,2-6,9-10H2,1H3. The summed E-state index contributed by atoms with van der Waals surface area (Å²) < 4.78 is 26.5. The van der Waals surface area contributed by atoms with Gasteiger partial charge in [0, 0.05) is 25.0 Å². The highest BCUT2D eigenvalue weighted by atomic mass is 19.3. The highest BCUT2D eigenvalue weighted by molar-refractivity contribution is 4.93. The van der Waals surface area contributed by atoms with E-state index < -0.39 is 6.55 Å². The van der Waals surface area contributed by atoms with Crippen molar-refractivity contribution in [3.8, 4) is 0 Å². The average Bonchev–Trinajstić information content (AvgIpc) is 2.87. The second-order valence-electron chi connectivity index (χ2n) is 5.00. The largest absolute Gasteiger partial charge is 0.319 e. The van der Waals surface area contributed by atoms with E-state index in [4.69, 9.17) is 0 Å². The number of aromatic nitrogens is 2. The van der Waals surface area contributed by atoms with Crippen molar-refractivity contribution in [1.29, 1.82) is 0 Å². The van der Waals surface area contributed by atoms with E-state index in [1.54, 1.807) is 0 Å². The molecule has 0 aliphatic carbocycles. The SMILES string of the molecule is CCN(Cc1nccn1C(F)F)CC1CCCCN1. The molecule has 0 amide bonds. The number of hydrogen-bond donors (Lipinski definition) is 1. The van der Waals surface area contributed by atoms with Crippen LogP contribution in [0.15, 0.2) is 12.4 Å². The van der Waals surface area contributed by atoms with Gasteiger partial charge in [-0.25, -0.2) is 4.98 Å². The Morgan fingerprint density at radius 1 is 1.53 bits per heavy atom. The van der Waals surface area contributed by atoms with Crippen molar-refractivity contribution in [3.63, 3.8) is 0 Å². The molecule has 0 bridgehead atoms. The van der Waals surface area contributed by atoms with Crippen LogP contribution < -0.4 is 5.32 Å². The number of rotatable bonds is 6. The lowest BCUT2D eigenvalue weighted by atomic mass is 10.0. The summed E-state index contributed by atoms with van der Waals surface area (Å²) in [6.07, 6.45) is 6.43. The lowest BCUT2D eigenvalue weighted by Gasteiger charge is -2.29. The quantitative estimate of drug-likeness (QED) is 0.862. The number of nitrogens with zero attached hydrogens (tertiary/aromatic N) is 3. The molecular formula is C13H22F2N4. The molecule has 1 atom stereocenters. The molecular weight excluding hydrogens is 250 g/mol. The van der Waals surface area contributed by atoms with Gasteiger partial charge in [-0.05, 0) is 25.9 Å². The molecule has 2 heterocycles. The van der Waals surface area contributed by atoms with Crippen molar-refractivity contribution in [2.24, 2.45) is 0 Å². The van der Waals surface area contributed by atoms with Gasteiger partial charge >= 0.3 is 6.55 Å². The van der Waals surface area contributed by atoms with E-state index in [0.717, 1.165) is 24.2 Å². The molecule has 1 unspecified atom stereocenters. The number of alkyl halides is 2. The Morgan fingerprint density at radius 2 is 2.37 bits per heavy atom. The normalized spacial score (nSPS) is 20.4. The topological polar surface area (TPSA) is 33.1 Å². The fourth-order valence-electron chi connectivity index (χ4n) is 2.54. The molecule has 1 N–H and O–H groups in total. The molecule has 6 heteroatoms. The summed E-state index contributed by atoms with van der Waals surface area (Å²) in [5, 5.41) is 3.48. The minimum absolute atomic E-state index is 0.438. The van der Waals surface area contributed by atoms with Crippen LogP contribution >= 0.6 is 0 Å². The molecule has 1 aliphatic heterocycles. The predicted octanol–water partition coefficient (Wildman–Crippen LogP) is 2.24. The van der Waals surface area contributed by atoms with Crippen LogP contribution in [-0.2, 0) is 6.54 Å². The van der Waals surface area contributed by atoms with Crippen molar-refractivity contribution < 1.29 is 8.78 Å². The molecule has 1 aromatic heterocycles. The van der Waals surface area contributed by atoms with Crippen LogP contribution in [0.1, 0.15) is 38.6 Å². The first-order chi connectivity index (χ1) is 9.20. The first kappa shape index (κ1) is 14.4. The molecule has 1 aromatic rings. The Morgan fingerprint density at radius 3 is 3.00 bits per heavy atom. The van der Waals surface area contributed by atoms with E-state index in [1.165, 1.54) is 31.7 Å². The van der Waals surface area contributed by atoms with Crippen LogP contribution in [0.25, 0.3) is 0 Å². The molecule has 0 radical (unpaired) electrons. The smallest absolute Gasteiger partial charge is 0.313 e. The van der Waals surface area contributed by atoms with Crippen molar-refractivity contribution in [2.75, 3.05) is 19.6 Å². The third-order valence-corrected chi connectivity index (χ3v) is 3.66. The van der Waals surface area contributed by atoms with Crippen LogP contribution in [0.3, 0.4) is 0 Å². The first-order valence-corrected chi connectivity index (χ1v) is 6.96. The van der Waals surface area contributed by atoms with Gasteiger partial charge in [-0.15, -0.1) is 0 Å². The number of imidazole rings is 1. The summed E-state index contributed by atoms with van der Waals surface area (Å²) in [5.41, 5.74) is 0. The van der Waals surface area contributed by atoms with Gasteiger partial charge in [0.15, 0.2) is 0 Å². The second-order valence-corrected chi connectivity index (χ2v) is 5.00. The molecule has 0 spiro atoms. The summed E-state index contributed by atoms with van der Waals surface area (Å²) in [7, 11) is 0. The Balaban J connectivity index is 1.92. The minimum Gasteiger partial charge on any atom is -0.313 e. The van der Waals surface area contributed by atoms with Crippen molar-refractivity contribution >= 4 is 0 Å². The van der Waals surface area contributed by atoms with Crippen LogP contribution in [0.4, 0.5) is 8.78 Å². The van der Waals surface area contributed by atoms with Gasteiger partial charge in [0.25, 0.3) is 0 Å². The molecule has 0 saturated carbocycles. The number of hydrogen-bond acceptors (Lipinski definition) is 3. The maximum absolute atomic E-state index is 12.8. The Labute approximate surface area is 112 Å². The van der Waals surface area contributed by atoms with E-state index >= 15 is 0 Å². The molecule has 108 valence electrons. The third kappa shape index (κ3) is 3.98. The number of piperidine rings is 1. The Kier molecular flexibility index (Phi) is 5.27. The van der Waals surface area contributed by atoms with Gasteiger partial charge in [-0.3, -0.25) is 9.47 Å². The van der Waals surface area contributed by atoms with E-state index in [1.807, 2.05) is 0 Å². The van der Waals surface area contributed by atoms with Crippen LogP contribution in [0, 0.1) is 0 Å². The molecule has 1 saturated heterocycles. The molecule has 4 nitrogen and oxygen atoms in total. The molecule has 2 rings (SSSR count). The monoisotopic (exact) mass is 272 g/mol. The van der Waals surface area contributed by atoms with E-state index in [0.29, 0.717) is 18.4 Å². The summed E-state index contributed by atoms with van der Waals surface area (Å²) in [6.45, 7) is 2.82. The van der Waals surface area contributed by atoms with Gasteiger partial charge < -0.3 is 5.32 Å². The second kappa shape index (κ2) is 6.96. The Bertz CT molecular complexity index is 374. The third-order valence-electron chi connectivity index (χ3n) is 3.66. The minimum atomic E-state index is -2.51. The van der Waals surface area contributed by atoms with Gasteiger partial charge in [0.2, 0.25) is 0 Å². The summed E-state index contributed by atoms with van der Waals surface area (Å²) in [6, 6.07) is 0.476. The van der Waals surface area contributed by atoms with E-state index in [2.05, 4.69) is 22.1 Å². The predicted molar refractivity (Wildman–Crippen MR) is 70.1 cm³/mol. The fourth-order valence-corrected chi connectivity index (χ4v) is 2.54. The lowest BCUT2D eigenvalue weighted by molar-refractivity contribution is 0.0636. The van der Waals surface area contributed by atoms with Gasteiger partial charge in [-0.2, -0.15) is 8.78 Å². The van der Waals surface area contributed by atoms with Gasteiger partial charge in [0.1, 0.15) is 5.82 Å². The number of likely N-dealkylation sites (N-methyl/N-ethyl adjacent to an activating group) is 1. The Hall–Kier alpha value is -1.01.